The molecule has 0 aliphatic rings. The molecule has 0 radical (unpaired) electrons. The number of aromatic nitrogens is 2. The van der Waals surface area contributed by atoms with Crippen molar-refractivity contribution in [2.24, 2.45) is 5.73 Å². The first-order valence-corrected chi connectivity index (χ1v) is 7.29. The number of thioether (sulfide) groups is 1. The lowest BCUT2D eigenvalue weighted by atomic mass is 10.1. The molecule has 2 aromatic rings. The van der Waals surface area contributed by atoms with Gasteiger partial charge in [0.2, 0.25) is 0 Å². The van der Waals surface area contributed by atoms with Gasteiger partial charge in [-0.15, -0.1) is 11.3 Å². The topological polar surface area (TPSA) is 51.8 Å². The van der Waals surface area contributed by atoms with Crippen LogP contribution in [0.4, 0.5) is 0 Å². The Morgan fingerprint density at radius 2 is 2.35 bits per heavy atom. The predicted molar refractivity (Wildman–Crippen MR) is 73.2 cm³/mol. The first kappa shape index (κ1) is 12.5. The maximum atomic E-state index is 6.19. The Balaban J connectivity index is 2.20. The quantitative estimate of drug-likeness (QED) is 0.844. The Morgan fingerprint density at radius 1 is 1.47 bits per heavy atom. The number of thiazole rings is 1. The second-order valence-electron chi connectivity index (χ2n) is 3.69. The highest BCUT2D eigenvalue weighted by molar-refractivity contribution is 8.01. The molecule has 2 N–H and O–H groups in total. The molecule has 0 amide bonds. The lowest BCUT2D eigenvalue weighted by Crippen LogP contribution is -2.25. The predicted octanol–water partition coefficient (Wildman–Crippen LogP) is 3.11. The van der Waals surface area contributed by atoms with E-state index in [1.165, 1.54) is 5.56 Å². The van der Waals surface area contributed by atoms with Crippen LogP contribution < -0.4 is 5.73 Å². The molecule has 5 heteroatoms. The molecule has 2 rings (SSSR count). The summed E-state index contributed by atoms with van der Waals surface area (Å²) in [4.78, 5) is 8.47. The third kappa shape index (κ3) is 3.28. The molecule has 0 aromatic carbocycles. The van der Waals surface area contributed by atoms with E-state index < -0.39 is 0 Å². The summed E-state index contributed by atoms with van der Waals surface area (Å²) in [5.41, 5.74) is 7.36. The molecule has 90 valence electrons. The number of pyridine rings is 1. The minimum atomic E-state index is 0.119. The highest BCUT2D eigenvalue weighted by Crippen LogP contribution is 2.38. The molecule has 0 aliphatic carbocycles. The summed E-state index contributed by atoms with van der Waals surface area (Å²) in [6.45, 7) is 2.11. The van der Waals surface area contributed by atoms with Crippen LogP contribution >= 0.6 is 23.1 Å². The van der Waals surface area contributed by atoms with Crippen molar-refractivity contribution in [2.75, 3.05) is 0 Å². The maximum Gasteiger partial charge on any atom is 0.150 e. The van der Waals surface area contributed by atoms with E-state index in [0.29, 0.717) is 0 Å². The van der Waals surface area contributed by atoms with E-state index in [1.54, 1.807) is 29.3 Å². The molecule has 0 spiro atoms. The second kappa shape index (κ2) is 6.14. The molecular formula is C12H15N3S2. The molecule has 0 bridgehead atoms. The Morgan fingerprint density at radius 3 is 2.94 bits per heavy atom. The Hall–Kier alpha value is -0.910. The zero-order valence-electron chi connectivity index (χ0n) is 9.61. The molecule has 0 fully saturated rings. The molecule has 0 saturated heterocycles. The van der Waals surface area contributed by atoms with Gasteiger partial charge in [0, 0.05) is 30.0 Å². The summed E-state index contributed by atoms with van der Waals surface area (Å²) in [5, 5.41) is 2.21. The molecule has 2 heterocycles. The van der Waals surface area contributed by atoms with Crippen LogP contribution in [-0.2, 0) is 0 Å². The molecule has 17 heavy (non-hydrogen) atoms. The molecule has 3 nitrogen and oxygen atoms in total. The van der Waals surface area contributed by atoms with Crippen LogP contribution in [0.1, 0.15) is 24.2 Å². The van der Waals surface area contributed by atoms with Crippen molar-refractivity contribution >= 4 is 23.1 Å². The Bertz CT molecular complexity index is 430. The lowest BCUT2D eigenvalue weighted by molar-refractivity contribution is 0.633. The van der Waals surface area contributed by atoms with E-state index in [4.69, 9.17) is 5.73 Å². The van der Waals surface area contributed by atoms with Gasteiger partial charge in [0.25, 0.3) is 0 Å². The van der Waals surface area contributed by atoms with Gasteiger partial charge < -0.3 is 5.73 Å². The van der Waals surface area contributed by atoms with Gasteiger partial charge >= 0.3 is 0 Å². The standard InChI is InChI=1S/C12H15N3S2/c1-2-10(13)11(9-4-3-5-14-8-9)17-12-15-6-7-16-12/h3-8,10-11H,2,13H2,1H3. The average molecular weight is 265 g/mol. The minimum absolute atomic E-state index is 0.119. The van der Waals surface area contributed by atoms with Crippen LogP contribution in [-0.4, -0.2) is 16.0 Å². The van der Waals surface area contributed by atoms with E-state index in [9.17, 15) is 0 Å². The Labute approximate surface area is 109 Å². The fourth-order valence-electron chi connectivity index (χ4n) is 1.54. The highest BCUT2D eigenvalue weighted by atomic mass is 32.2. The summed E-state index contributed by atoms with van der Waals surface area (Å²) in [6, 6.07) is 4.15. The summed E-state index contributed by atoms with van der Waals surface area (Å²) < 4.78 is 1.06. The van der Waals surface area contributed by atoms with Crippen molar-refractivity contribution in [3.8, 4) is 0 Å². The van der Waals surface area contributed by atoms with Gasteiger partial charge in [-0.2, -0.15) is 0 Å². The van der Waals surface area contributed by atoms with E-state index in [0.717, 1.165) is 10.8 Å². The zero-order valence-corrected chi connectivity index (χ0v) is 11.2. The largest absolute Gasteiger partial charge is 0.326 e. The monoisotopic (exact) mass is 265 g/mol. The van der Waals surface area contributed by atoms with Gasteiger partial charge in [-0.1, -0.05) is 24.8 Å². The number of hydrogen-bond acceptors (Lipinski definition) is 5. The van der Waals surface area contributed by atoms with Crippen LogP contribution in [0.15, 0.2) is 40.4 Å². The lowest BCUT2D eigenvalue weighted by Gasteiger charge is -2.21. The second-order valence-corrected chi connectivity index (χ2v) is 5.98. The molecule has 2 unspecified atom stereocenters. The summed E-state index contributed by atoms with van der Waals surface area (Å²) in [5.74, 6) is 0. The average Bonchev–Trinajstić information content (AvgIpc) is 2.89. The molecular weight excluding hydrogens is 250 g/mol. The normalized spacial score (nSPS) is 14.5. The van der Waals surface area contributed by atoms with Crippen molar-refractivity contribution < 1.29 is 0 Å². The van der Waals surface area contributed by atoms with Gasteiger partial charge in [-0.25, -0.2) is 4.98 Å². The summed E-state index contributed by atoms with van der Waals surface area (Å²) >= 11 is 3.37. The van der Waals surface area contributed by atoms with E-state index in [2.05, 4.69) is 23.0 Å². The van der Waals surface area contributed by atoms with Crippen molar-refractivity contribution in [2.45, 2.75) is 29.0 Å². The number of hydrogen-bond donors (Lipinski definition) is 1. The van der Waals surface area contributed by atoms with E-state index in [1.807, 2.05) is 23.8 Å². The number of rotatable bonds is 5. The van der Waals surface area contributed by atoms with Gasteiger partial charge in [0.1, 0.15) is 4.34 Å². The number of nitrogens with zero attached hydrogens (tertiary/aromatic N) is 2. The minimum Gasteiger partial charge on any atom is -0.326 e. The van der Waals surface area contributed by atoms with Crippen LogP contribution in [0.3, 0.4) is 0 Å². The van der Waals surface area contributed by atoms with Crippen molar-refractivity contribution in [1.29, 1.82) is 0 Å². The van der Waals surface area contributed by atoms with Gasteiger partial charge in [0.15, 0.2) is 0 Å². The summed E-state index contributed by atoms with van der Waals surface area (Å²) in [7, 11) is 0. The van der Waals surface area contributed by atoms with E-state index in [-0.39, 0.29) is 11.3 Å². The fraction of sp³-hybridized carbons (Fsp3) is 0.333. The molecule has 0 aliphatic heterocycles. The molecule has 0 saturated carbocycles. The smallest absolute Gasteiger partial charge is 0.150 e. The fourth-order valence-corrected chi connectivity index (χ4v) is 3.58. The van der Waals surface area contributed by atoms with Crippen LogP contribution in [0.5, 0.6) is 0 Å². The van der Waals surface area contributed by atoms with Crippen LogP contribution in [0, 0.1) is 0 Å². The van der Waals surface area contributed by atoms with Crippen molar-refractivity contribution in [3.05, 3.63) is 41.7 Å². The van der Waals surface area contributed by atoms with E-state index >= 15 is 0 Å². The van der Waals surface area contributed by atoms with Crippen molar-refractivity contribution in [1.82, 2.24) is 9.97 Å². The van der Waals surface area contributed by atoms with Gasteiger partial charge in [-0.05, 0) is 18.1 Å². The van der Waals surface area contributed by atoms with Crippen molar-refractivity contribution in [3.63, 3.8) is 0 Å². The maximum absolute atomic E-state index is 6.19. The third-order valence-electron chi connectivity index (χ3n) is 2.51. The SMILES string of the molecule is CCC(N)C(Sc1nccs1)c1cccnc1. The highest BCUT2D eigenvalue weighted by Gasteiger charge is 2.21. The van der Waals surface area contributed by atoms with Gasteiger partial charge in [-0.3, -0.25) is 4.98 Å². The van der Waals surface area contributed by atoms with Gasteiger partial charge in [0.05, 0.1) is 5.25 Å². The first-order valence-electron chi connectivity index (χ1n) is 5.53. The summed E-state index contributed by atoms with van der Waals surface area (Å²) in [6.07, 6.45) is 6.44. The van der Waals surface area contributed by atoms with Crippen LogP contribution in [0.2, 0.25) is 0 Å². The Kier molecular flexibility index (Phi) is 4.53. The number of nitrogens with two attached hydrogens (primary N) is 1. The third-order valence-corrected chi connectivity index (χ3v) is 4.84. The molecule has 2 atom stereocenters. The van der Waals surface area contributed by atoms with Crippen LogP contribution in [0.25, 0.3) is 0 Å². The zero-order chi connectivity index (χ0) is 12.1. The first-order chi connectivity index (χ1) is 8.31. The molecule has 2 aromatic heterocycles.